The molecule has 1 fully saturated rings. The molecule has 1 aromatic carbocycles. The standard InChI is InChI=1S/C27H31N5O4/c1-16-11-21(26(34)32-24(16)25(33)31-27(32)9-5-6-10-27)30-20-13-23(28-14-17(20)2)29-15-18-7-8-19(35-3)12-22(18)36-4/h7-8,11-14H,5-6,9-10,15H2,1-4H3,(H,31,33)(H2,28,29,30). The lowest BCUT2D eigenvalue weighted by Crippen LogP contribution is -2.45. The van der Waals surface area contributed by atoms with Crippen LogP contribution in [0.2, 0.25) is 0 Å². The number of ether oxygens (including phenoxy) is 2. The monoisotopic (exact) mass is 489 g/mol. The molecule has 3 aromatic rings. The van der Waals surface area contributed by atoms with Crippen LogP contribution in [0.3, 0.4) is 0 Å². The largest absolute Gasteiger partial charge is 0.497 e. The molecule has 0 bridgehead atoms. The van der Waals surface area contributed by atoms with E-state index in [0.29, 0.717) is 23.7 Å². The molecule has 0 atom stereocenters. The Balaban J connectivity index is 1.42. The van der Waals surface area contributed by atoms with Gasteiger partial charge in [0.15, 0.2) is 0 Å². The summed E-state index contributed by atoms with van der Waals surface area (Å²) in [6.07, 6.45) is 5.27. The topological polar surface area (TPSA) is 107 Å². The number of anilines is 3. The highest BCUT2D eigenvalue weighted by atomic mass is 16.5. The molecule has 9 heteroatoms. The Bertz CT molecular complexity index is 1390. The van der Waals surface area contributed by atoms with Gasteiger partial charge < -0.3 is 25.4 Å². The summed E-state index contributed by atoms with van der Waals surface area (Å²) in [5.74, 6) is 1.93. The fourth-order valence-corrected chi connectivity index (χ4v) is 5.24. The first kappa shape index (κ1) is 23.7. The summed E-state index contributed by atoms with van der Waals surface area (Å²) in [4.78, 5) is 30.8. The number of methoxy groups -OCH3 is 2. The number of benzene rings is 1. The summed E-state index contributed by atoms with van der Waals surface area (Å²) in [5.41, 5.74) is 3.51. The first-order valence-corrected chi connectivity index (χ1v) is 12.1. The minimum Gasteiger partial charge on any atom is -0.497 e. The van der Waals surface area contributed by atoms with Gasteiger partial charge in [0.2, 0.25) is 0 Å². The highest BCUT2D eigenvalue weighted by Gasteiger charge is 2.46. The first-order valence-electron chi connectivity index (χ1n) is 12.1. The van der Waals surface area contributed by atoms with Gasteiger partial charge in [-0.05, 0) is 68.9 Å². The second kappa shape index (κ2) is 9.22. The van der Waals surface area contributed by atoms with E-state index >= 15 is 0 Å². The maximum atomic E-state index is 13.6. The van der Waals surface area contributed by atoms with Gasteiger partial charge in [0, 0.05) is 36.1 Å². The molecule has 188 valence electrons. The van der Waals surface area contributed by atoms with Crippen molar-refractivity contribution in [3.8, 4) is 11.5 Å². The van der Waals surface area contributed by atoms with Crippen molar-refractivity contribution in [3.63, 3.8) is 0 Å². The van der Waals surface area contributed by atoms with E-state index < -0.39 is 5.66 Å². The lowest BCUT2D eigenvalue weighted by molar-refractivity contribution is 0.0920. The Morgan fingerprint density at radius 1 is 1.03 bits per heavy atom. The van der Waals surface area contributed by atoms with Crippen LogP contribution < -0.4 is 31.0 Å². The third kappa shape index (κ3) is 4.04. The Kier molecular flexibility index (Phi) is 6.07. The molecule has 1 aliphatic heterocycles. The number of fused-ring (bicyclic) bond motifs is 2. The summed E-state index contributed by atoms with van der Waals surface area (Å²) < 4.78 is 12.4. The van der Waals surface area contributed by atoms with Crippen molar-refractivity contribution in [2.24, 2.45) is 0 Å². The van der Waals surface area contributed by atoms with Crippen molar-refractivity contribution in [1.29, 1.82) is 0 Å². The molecule has 36 heavy (non-hydrogen) atoms. The smallest absolute Gasteiger partial charge is 0.276 e. The minimum atomic E-state index is -0.608. The SMILES string of the molecule is COc1ccc(CNc2cc(Nc3cc(C)c4n(c3=O)C3(CCCC3)NC4=O)c(C)cn2)c(OC)c1. The lowest BCUT2D eigenvalue weighted by atomic mass is 10.1. The molecule has 3 heterocycles. The van der Waals surface area contributed by atoms with Crippen LogP contribution in [-0.4, -0.2) is 29.7 Å². The van der Waals surface area contributed by atoms with Crippen molar-refractivity contribution in [2.75, 3.05) is 24.9 Å². The molecule has 1 amide bonds. The quantitative estimate of drug-likeness (QED) is 0.457. The van der Waals surface area contributed by atoms with Crippen LogP contribution in [0.15, 0.2) is 41.3 Å². The van der Waals surface area contributed by atoms with E-state index in [1.807, 2.05) is 38.1 Å². The molecule has 1 saturated carbocycles. The number of carbonyl (C=O) groups excluding carboxylic acids is 1. The number of pyridine rings is 2. The number of rotatable bonds is 7. The van der Waals surface area contributed by atoms with Crippen LogP contribution in [0.1, 0.15) is 52.9 Å². The molecular formula is C27H31N5O4. The molecule has 0 saturated heterocycles. The Labute approximate surface area is 209 Å². The third-order valence-corrected chi connectivity index (χ3v) is 7.14. The normalized spacial score (nSPS) is 15.5. The van der Waals surface area contributed by atoms with Crippen LogP contribution in [0.5, 0.6) is 11.5 Å². The number of nitrogens with zero attached hydrogens (tertiary/aromatic N) is 2. The number of hydrogen-bond acceptors (Lipinski definition) is 7. The zero-order valence-corrected chi connectivity index (χ0v) is 21.0. The second-order valence-corrected chi connectivity index (χ2v) is 9.46. The molecule has 2 aliphatic rings. The molecule has 1 aliphatic carbocycles. The molecular weight excluding hydrogens is 458 g/mol. The van der Waals surface area contributed by atoms with Gasteiger partial charge in [-0.25, -0.2) is 4.98 Å². The van der Waals surface area contributed by atoms with E-state index in [1.54, 1.807) is 31.0 Å². The predicted octanol–water partition coefficient (Wildman–Crippen LogP) is 4.20. The van der Waals surface area contributed by atoms with Crippen LogP contribution in [0.25, 0.3) is 0 Å². The van der Waals surface area contributed by atoms with Crippen molar-refractivity contribution in [2.45, 2.75) is 51.7 Å². The Morgan fingerprint density at radius 3 is 2.53 bits per heavy atom. The summed E-state index contributed by atoms with van der Waals surface area (Å²) in [6.45, 7) is 4.31. The number of amides is 1. The van der Waals surface area contributed by atoms with Crippen LogP contribution in [0, 0.1) is 13.8 Å². The maximum absolute atomic E-state index is 13.6. The van der Waals surface area contributed by atoms with Gasteiger partial charge in [-0.1, -0.05) is 0 Å². The second-order valence-electron chi connectivity index (χ2n) is 9.46. The van der Waals surface area contributed by atoms with Crippen molar-refractivity contribution >= 4 is 23.1 Å². The van der Waals surface area contributed by atoms with Crippen LogP contribution in [-0.2, 0) is 12.2 Å². The van der Waals surface area contributed by atoms with Gasteiger partial charge >= 0.3 is 0 Å². The van der Waals surface area contributed by atoms with E-state index in [1.165, 1.54) is 0 Å². The average Bonchev–Trinajstić information content (AvgIpc) is 3.46. The summed E-state index contributed by atoms with van der Waals surface area (Å²) in [6, 6.07) is 9.31. The van der Waals surface area contributed by atoms with Gasteiger partial charge in [-0.2, -0.15) is 0 Å². The molecule has 0 radical (unpaired) electrons. The Morgan fingerprint density at radius 2 is 1.81 bits per heavy atom. The lowest BCUT2D eigenvalue weighted by Gasteiger charge is -2.27. The Hall–Kier alpha value is -4.01. The van der Waals surface area contributed by atoms with E-state index in [2.05, 4.69) is 20.9 Å². The number of aryl methyl sites for hydroxylation is 2. The number of carbonyl (C=O) groups is 1. The first-order chi connectivity index (χ1) is 17.3. The predicted molar refractivity (Wildman–Crippen MR) is 138 cm³/mol. The van der Waals surface area contributed by atoms with Crippen LogP contribution >= 0.6 is 0 Å². The zero-order valence-electron chi connectivity index (χ0n) is 21.0. The molecule has 0 unspecified atom stereocenters. The van der Waals surface area contributed by atoms with Gasteiger partial charge in [-0.15, -0.1) is 0 Å². The average molecular weight is 490 g/mol. The van der Waals surface area contributed by atoms with Gasteiger partial charge in [0.05, 0.1) is 14.2 Å². The van der Waals surface area contributed by atoms with Gasteiger partial charge in [-0.3, -0.25) is 14.2 Å². The molecule has 5 rings (SSSR count). The maximum Gasteiger partial charge on any atom is 0.276 e. The van der Waals surface area contributed by atoms with E-state index in [0.717, 1.165) is 59.6 Å². The highest BCUT2D eigenvalue weighted by Crippen LogP contribution is 2.39. The number of aromatic nitrogens is 2. The number of nitrogens with one attached hydrogen (secondary N) is 3. The van der Waals surface area contributed by atoms with E-state index in [9.17, 15) is 9.59 Å². The molecule has 3 N–H and O–H groups in total. The van der Waals surface area contributed by atoms with E-state index in [-0.39, 0.29) is 11.5 Å². The zero-order chi connectivity index (χ0) is 25.4. The van der Waals surface area contributed by atoms with Crippen molar-refractivity contribution in [1.82, 2.24) is 14.9 Å². The van der Waals surface area contributed by atoms with Gasteiger partial charge in [0.25, 0.3) is 11.5 Å². The van der Waals surface area contributed by atoms with Gasteiger partial charge in [0.1, 0.15) is 34.4 Å². The summed E-state index contributed by atoms with van der Waals surface area (Å²) >= 11 is 0. The molecule has 9 nitrogen and oxygen atoms in total. The van der Waals surface area contributed by atoms with Crippen LogP contribution in [0.4, 0.5) is 17.2 Å². The third-order valence-electron chi connectivity index (χ3n) is 7.14. The molecule has 2 aromatic heterocycles. The fourth-order valence-electron chi connectivity index (χ4n) is 5.24. The van der Waals surface area contributed by atoms with Crippen molar-refractivity contribution in [3.05, 3.63) is 69.3 Å². The number of hydrogen-bond donors (Lipinski definition) is 3. The minimum absolute atomic E-state index is 0.168. The van der Waals surface area contributed by atoms with Crippen molar-refractivity contribution < 1.29 is 14.3 Å². The molecule has 1 spiro atoms. The highest BCUT2D eigenvalue weighted by molar-refractivity contribution is 5.97. The van der Waals surface area contributed by atoms with E-state index in [4.69, 9.17) is 9.47 Å². The fraction of sp³-hybridized carbons (Fsp3) is 0.370. The summed E-state index contributed by atoms with van der Waals surface area (Å²) in [7, 11) is 3.24. The summed E-state index contributed by atoms with van der Waals surface area (Å²) in [5, 5.41) is 9.74.